The number of aliphatic hydroxyl groups is 1. The van der Waals surface area contributed by atoms with Crippen LogP contribution < -0.4 is 10.6 Å². The number of carbonyl (C=O) groups is 2. The van der Waals surface area contributed by atoms with E-state index in [1.807, 2.05) is 37.3 Å². The summed E-state index contributed by atoms with van der Waals surface area (Å²) in [5, 5.41) is 17.1. The Bertz CT molecular complexity index is 777. The quantitative estimate of drug-likeness (QED) is 0.552. The maximum atomic E-state index is 13.0. The molecule has 0 radical (unpaired) electrons. The fourth-order valence-corrected chi connectivity index (χ4v) is 5.99. The zero-order valence-electron chi connectivity index (χ0n) is 19.4. The van der Waals surface area contributed by atoms with Gasteiger partial charge in [-0.2, -0.15) is 0 Å². The molecule has 4 atom stereocenters. The van der Waals surface area contributed by atoms with Crippen LogP contribution in [0, 0.1) is 16.7 Å². The van der Waals surface area contributed by atoms with Gasteiger partial charge in [0, 0.05) is 31.7 Å². The van der Waals surface area contributed by atoms with Crippen LogP contribution in [0.3, 0.4) is 0 Å². The number of hydrogen-bond acceptors (Lipinski definition) is 4. The second-order valence-electron chi connectivity index (χ2n) is 10.4. The van der Waals surface area contributed by atoms with Crippen LogP contribution in [0.5, 0.6) is 0 Å². The maximum absolute atomic E-state index is 13.0. The van der Waals surface area contributed by atoms with Crippen molar-refractivity contribution in [3.8, 4) is 0 Å². The van der Waals surface area contributed by atoms with Crippen molar-refractivity contribution < 1.29 is 19.4 Å². The van der Waals surface area contributed by atoms with E-state index in [4.69, 9.17) is 4.74 Å². The minimum Gasteiger partial charge on any atom is -0.390 e. The third kappa shape index (κ3) is 5.29. The molecule has 6 heteroatoms. The van der Waals surface area contributed by atoms with Gasteiger partial charge in [-0.1, -0.05) is 32.0 Å². The van der Waals surface area contributed by atoms with E-state index in [1.54, 1.807) is 7.11 Å². The molecule has 1 aromatic carbocycles. The Labute approximate surface area is 186 Å². The first-order valence-electron chi connectivity index (χ1n) is 11.4. The van der Waals surface area contributed by atoms with Gasteiger partial charge >= 0.3 is 0 Å². The van der Waals surface area contributed by atoms with Gasteiger partial charge in [0.05, 0.1) is 12.2 Å². The number of carbonyl (C=O) groups excluding carboxylic acids is 2. The lowest BCUT2D eigenvalue weighted by Gasteiger charge is -2.50. The molecule has 6 nitrogen and oxygen atoms in total. The number of hydrogen-bond donors (Lipinski definition) is 3. The lowest BCUT2D eigenvalue weighted by molar-refractivity contribution is -0.123. The van der Waals surface area contributed by atoms with E-state index in [0.29, 0.717) is 44.4 Å². The minimum atomic E-state index is -0.704. The monoisotopic (exact) mass is 430 g/mol. The number of nitrogens with one attached hydrogen (secondary N) is 2. The number of methoxy groups -OCH3 is 1. The van der Waals surface area contributed by atoms with Gasteiger partial charge in [0.2, 0.25) is 5.91 Å². The highest BCUT2D eigenvalue weighted by Crippen LogP contribution is 2.63. The molecule has 0 heterocycles. The molecule has 2 aliphatic carbocycles. The Hall–Kier alpha value is -1.92. The number of ether oxygens (including phenoxy) is 1. The number of fused-ring (bicyclic) bond motifs is 1. The molecule has 0 unspecified atom stereocenters. The SMILES string of the molecule is COCCNC(=O)CC[C@@]12CC[C@@](C)(O)C[C@H]1C(C)(C)C[C@@H]2NC(=O)c1ccccc1. The Morgan fingerprint density at radius 2 is 1.84 bits per heavy atom. The maximum Gasteiger partial charge on any atom is 0.251 e. The van der Waals surface area contributed by atoms with Crippen molar-refractivity contribution >= 4 is 11.8 Å². The molecule has 0 spiro atoms. The summed E-state index contributed by atoms with van der Waals surface area (Å²) in [6, 6.07) is 9.27. The lowest BCUT2D eigenvalue weighted by Crippen LogP contribution is -2.52. The number of amides is 2. The van der Waals surface area contributed by atoms with Gasteiger partial charge in [-0.25, -0.2) is 0 Å². The van der Waals surface area contributed by atoms with Crippen molar-refractivity contribution in [2.24, 2.45) is 16.7 Å². The van der Waals surface area contributed by atoms with Crippen molar-refractivity contribution in [3.05, 3.63) is 35.9 Å². The molecule has 2 amide bonds. The highest BCUT2D eigenvalue weighted by atomic mass is 16.5. The summed E-state index contributed by atoms with van der Waals surface area (Å²) in [6.07, 6.45) is 4.15. The number of benzene rings is 1. The van der Waals surface area contributed by atoms with Crippen molar-refractivity contribution in [2.75, 3.05) is 20.3 Å². The van der Waals surface area contributed by atoms with Gasteiger partial charge in [-0.05, 0) is 67.9 Å². The molecule has 3 rings (SSSR count). The minimum absolute atomic E-state index is 0.0142. The van der Waals surface area contributed by atoms with Crippen LogP contribution in [0.2, 0.25) is 0 Å². The highest BCUT2D eigenvalue weighted by Gasteiger charge is 2.61. The van der Waals surface area contributed by atoms with Gasteiger partial charge in [-0.3, -0.25) is 9.59 Å². The first kappa shape index (κ1) is 23.7. The largest absolute Gasteiger partial charge is 0.390 e. The van der Waals surface area contributed by atoms with E-state index in [1.165, 1.54) is 0 Å². The number of rotatable bonds is 8. The summed E-state index contributed by atoms with van der Waals surface area (Å²) in [7, 11) is 1.62. The van der Waals surface area contributed by atoms with Crippen LogP contribution in [0.1, 0.15) is 69.7 Å². The van der Waals surface area contributed by atoms with Gasteiger partial charge in [0.15, 0.2) is 0 Å². The van der Waals surface area contributed by atoms with E-state index >= 15 is 0 Å². The zero-order chi connectivity index (χ0) is 22.7. The van der Waals surface area contributed by atoms with Gasteiger partial charge in [-0.15, -0.1) is 0 Å². The summed E-state index contributed by atoms with van der Waals surface area (Å²) >= 11 is 0. The van der Waals surface area contributed by atoms with E-state index in [0.717, 1.165) is 12.8 Å². The highest BCUT2D eigenvalue weighted by molar-refractivity contribution is 5.94. The van der Waals surface area contributed by atoms with Crippen LogP contribution in [-0.4, -0.2) is 48.8 Å². The fourth-order valence-electron chi connectivity index (χ4n) is 5.99. The molecule has 0 bridgehead atoms. The van der Waals surface area contributed by atoms with Crippen LogP contribution in [0.4, 0.5) is 0 Å². The van der Waals surface area contributed by atoms with E-state index < -0.39 is 5.60 Å². The fraction of sp³-hybridized carbons (Fsp3) is 0.680. The van der Waals surface area contributed by atoms with E-state index in [-0.39, 0.29) is 34.6 Å². The van der Waals surface area contributed by atoms with Gasteiger partial charge in [0.25, 0.3) is 5.91 Å². The molecular weight excluding hydrogens is 392 g/mol. The Morgan fingerprint density at radius 1 is 1.13 bits per heavy atom. The summed E-state index contributed by atoms with van der Waals surface area (Å²) in [5.74, 6) is 0.181. The van der Waals surface area contributed by atoms with Crippen LogP contribution >= 0.6 is 0 Å². The Balaban J connectivity index is 1.82. The molecule has 0 saturated heterocycles. The first-order chi connectivity index (χ1) is 14.6. The molecule has 1 aromatic rings. The predicted molar refractivity (Wildman–Crippen MR) is 121 cm³/mol. The van der Waals surface area contributed by atoms with Crippen LogP contribution in [0.25, 0.3) is 0 Å². The summed E-state index contributed by atoms with van der Waals surface area (Å²) in [5.41, 5.74) is -0.288. The van der Waals surface area contributed by atoms with Crippen molar-refractivity contribution in [1.82, 2.24) is 10.6 Å². The van der Waals surface area contributed by atoms with E-state index in [2.05, 4.69) is 24.5 Å². The smallest absolute Gasteiger partial charge is 0.251 e. The zero-order valence-corrected chi connectivity index (χ0v) is 19.4. The second-order valence-corrected chi connectivity index (χ2v) is 10.4. The molecular formula is C25H38N2O4. The van der Waals surface area contributed by atoms with Crippen molar-refractivity contribution in [3.63, 3.8) is 0 Å². The molecule has 0 aliphatic heterocycles. The van der Waals surface area contributed by atoms with E-state index in [9.17, 15) is 14.7 Å². The van der Waals surface area contributed by atoms with Crippen molar-refractivity contribution in [2.45, 2.75) is 70.9 Å². The second kappa shape index (κ2) is 9.29. The van der Waals surface area contributed by atoms with Crippen molar-refractivity contribution in [1.29, 1.82) is 0 Å². The third-order valence-electron chi connectivity index (χ3n) is 7.62. The van der Waals surface area contributed by atoms with Gasteiger partial charge < -0.3 is 20.5 Å². The average Bonchev–Trinajstić information content (AvgIpc) is 2.93. The first-order valence-corrected chi connectivity index (χ1v) is 11.4. The van der Waals surface area contributed by atoms with Crippen LogP contribution in [-0.2, 0) is 9.53 Å². The standard InChI is InChI=1S/C25H38N2O4/c1-23(2)17-20(27-22(29)18-8-6-5-7-9-18)25(11-10-21(28)26-14-15-31-4)13-12-24(3,30)16-19(23)25/h5-9,19-20,30H,10-17H2,1-4H3,(H,26,28)(H,27,29)/t19-,20-,24+,25+/m0/s1. The average molecular weight is 431 g/mol. The Morgan fingerprint density at radius 3 is 2.52 bits per heavy atom. The summed E-state index contributed by atoms with van der Waals surface area (Å²) < 4.78 is 5.02. The molecule has 172 valence electrons. The summed E-state index contributed by atoms with van der Waals surface area (Å²) in [6.45, 7) is 7.38. The molecule has 2 saturated carbocycles. The normalized spacial score (nSPS) is 31.6. The lowest BCUT2D eigenvalue weighted by atomic mass is 9.57. The third-order valence-corrected chi connectivity index (χ3v) is 7.62. The van der Waals surface area contributed by atoms with Gasteiger partial charge in [0.1, 0.15) is 0 Å². The molecule has 2 aliphatic rings. The van der Waals surface area contributed by atoms with Crippen LogP contribution in [0.15, 0.2) is 30.3 Å². The topological polar surface area (TPSA) is 87.7 Å². The molecule has 0 aromatic heterocycles. The predicted octanol–water partition coefficient (Wildman–Crippen LogP) is 3.30. The Kier molecular flexibility index (Phi) is 7.11. The molecule has 31 heavy (non-hydrogen) atoms. The molecule has 2 fully saturated rings. The summed E-state index contributed by atoms with van der Waals surface area (Å²) in [4.78, 5) is 25.5. The molecule has 3 N–H and O–H groups in total.